The molecule has 1 aliphatic rings. The highest BCUT2D eigenvalue weighted by Crippen LogP contribution is 2.36. The fourth-order valence-corrected chi connectivity index (χ4v) is 5.23. The number of esters is 1. The second-order valence-corrected chi connectivity index (χ2v) is 10.1. The number of rotatable bonds is 18. The van der Waals surface area contributed by atoms with E-state index in [4.69, 9.17) is 9.47 Å². The highest BCUT2D eigenvalue weighted by molar-refractivity contribution is 5.89. The fourth-order valence-electron chi connectivity index (χ4n) is 5.23. The summed E-state index contributed by atoms with van der Waals surface area (Å²) in [6.45, 7) is 5.78. The number of unbranched alkanes of at least 4 members (excludes halogenated alkanes) is 8. The van der Waals surface area contributed by atoms with Gasteiger partial charge in [0.1, 0.15) is 5.75 Å². The Labute approximate surface area is 204 Å². The van der Waals surface area contributed by atoms with Gasteiger partial charge in [-0.25, -0.2) is 4.79 Å². The summed E-state index contributed by atoms with van der Waals surface area (Å²) in [7, 11) is 0. The lowest BCUT2D eigenvalue weighted by Gasteiger charge is -2.31. The van der Waals surface area contributed by atoms with Gasteiger partial charge < -0.3 is 9.47 Å². The molecule has 1 fully saturated rings. The van der Waals surface area contributed by atoms with E-state index in [0.29, 0.717) is 12.2 Å². The van der Waals surface area contributed by atoms with E-state index in [9.17, 15) is 4.79 Å². The zero-order chi connectivity index (χ0) is 23.6. The van der Waals surface area contributed by atoms with Crippen molar-refractivity contribution in [1.82, 2.24) is 0 Å². The molecule has 3 heteroatoms. The molecular formula is C30H50O3. The van der Waals surface area contributed by atoms with Gasteiger partial charge in [0.25, 0.3) is 0 Å². The van der Waals surface area contributed by atoms with Gasteiger partial charge in [0.2, 0.25) is 0 Å². The van der Waals surface area contributed by atoms with Crippen LogP contribution in [0.1, 0.15) is 133 Å². The van der Waals surface area contributed by atoms with Crippen LogP contribution in [0, 0.1) is 11.8 Å². The largest absolute Gasteiger partial charge is 0.494 e. The Morgan fingerprint density at radius 1 is 0.727 bits per heavy atom. The SMILES string of the molecule is CCCCCCCOC(=O)c1ccc(OCCCC2CCCCC2CCCCCCC)cc1. The molecule has 0 bridgehead atoms. The molecule has 0 aliphatic heterocycles. The lowest BCUT2D eigenvalue weighted by Crippen LogP contribution is -2.20. The van der Waals surface area contributed by atoms with Gasteiger partial charge in [-0.15, -0.1) is 0 Å². The molecule has 2 unspecified atom stereocenters. The van der Waals surface area contributed by atoms with E-state index >= 15 is 0 Å². The first kappa shape index (κ1) is 27.7. The molecule has 0 amide bonds. The normalized spacial score (nSPS) is 18.2. The van der Waals surface area contributed by atoms with Crippen LogP contribution in [0.4, 0.5) is 0 Å². The highest BCUT2D eigenvalue weighted by atomic mass is 16.5. The summed E-state index contributed by atoms with van der Waals surface area (Å²) in [4.78, 5) is 12.2. The number of ether oxygens (including phenoxy) is 2. The van der Waals surface area contributed by atoms with Gasteiger partial charge in [-0.2, -0.15) is 0 Å². The third-order valence-electron chi connectivity index (χ3n) is 7.30. The predicted octanol–water partition coefficient (Wildman–Crippen LogP) is 9.14. The Morgan fingerprint density at radius 3 is 1.94 bits per heavy atom. The van der Waals surface area contributed by atoms with Crippen molar-refractivity contribution in [3.8, 4) is 5.75 Å². The van der Waals surface area contributed by atoms with Gasteiger partial charge >= 0.3 is 5.97 Å². The van der Waals surface area contributed by atoms with Gasteiger partial charge in [-0.05, 0) is 55.4 Å². The van der Waals surface area contributed by atoms with Crippen molar-refractivity contribution in [2.45, 2.75) is 123 Å². The lowest BCUT2D eigenvalue weighted by molar-refractivity contribution is 0.0497. The van der Waals surface area contributed by atoms with Gasteiger partial charge in [0, 0.05) is 0 Å². The van der Waals surface area contributed by atoms with Crippen molar-refractivity contribution in [1.29, 1.82) is 0 Å². The molecule has 1 saturated carbocycles. The summed E-state index contributed by atoms with van der Waals surface area (Å²) < 4.78 is 11.4. The topological polar surface area (TPSA) is 35.5 Å². The summed E-state index contributed by atoms with van der Waals surface area (Å²) >= 11 is 0. The summed E-state index contributed by atoms with van der Waals surface area (Å²) in [6, 6.07) is 7.45. The molecule has 1 aromatic carbocycles. The summed E-state index contributed by atoms with van der Waals surface area (Å²) in [5.74, 6) is 2.46. The van der Waals surface area contributed by atoms with Crippen LogP contribution in [0.2, 0.25) is 0 Å². The van der Waals surface area contributed by atoms with E-state index in [1.807, 2.05) is 24.3 Å². The number of carbonyl (C=O) groups is 1. The van der Waals surface area contributed by atoms with Crippen LogP contribution >= 0.6 is 0 Å². The molecule has 0 radical (unpaired) electrons. The maximum atomic E-state index is 12.2. The second-order valence-electron chi connectivity index (χ2n) is 10.1. The van der Waals surface area contributed by atoms with Crippen LogP contribution in [0.25, 0.3) is 0 Å². The molecule has 0 N–H and O–H groups in total. The standard InChI is InChI=1S/C30H50O3/c1-3-5-7-9-11-16-26-17-12-13-18-27(26)19-15-25-32-29-22-20-28(21-23-29)30(31)33-24-14-10-8-6-4-2/h20-23,26-27H,3-19,24-25H2,1-2H3. The first-order chi connectivity index (χ1) is 16.2. The maximum Gasteiger partial charge on any atom is 0.338 e. The molecule has 0 spiro atoms. The Balaban J connectivity index is 1.60. The average molecular weight is 459 g/mol. The van der Waals surface area contributed by atoms with E-state index in [1.54, 1.807) is 0 Å². The average Bonchev–Trinajstić information content (AvgIpc) is 2.85. The van der Waals surface area contributed by atoms with E-state index in [0.717, 1.165) is 43.5 Å². The summed E-state index contributed by atoms with van der Waals surface area (Å²) in [6.07, 6.45) is 22.3. The van der Waals surface area contributed by atoms with Crippen LogP contribution in [0.3, 0.4) is 0 Å². The van der Waals surface area contributed by atoms with Crippen LogP contribution in [0.5, 0.6) is 5.75 Å². The van der Waals surface area contributed by atoms with Crippen molar-refractivity contribution in [2.75, 3.05) is 13.2 Å². The number of carbonyl (C=O) groups excluding carboxylic acids is 1. The maximum absolute atomic E-state index is 12.2. The first-order valence-electron chi connectivity index (χ1n) is 14.1. The molecule has 0 saturated heterocycles. The van der Waals surface area contributed by atoms with E-state index in [2.05, 4.69) is 13.8 Å². The third-order valence-corrected chi connectivity index (χ3v) is 7.30. The van der Waals surface area contributed by atoms with Crippen molar-refractivity contribution in [3.05, 3.63) is 29.8 Å². The molecule has 0 aromatic heterocycles. The summed E-state index contributed by atoms with van der Waals surface area (Å²) in [5.41, 5.74) is 0.611. The summed E-state index contributed by atoms with van der Waals surface area (Å²) in [5, 5.41) is 0. The van der Waals surface area contributed by atoms with E-state index in [1.165, 1.54) is 89.9 Å². The van der Waals surface area contributed by atoms with Gasteiger partial charge in [0.05, 0.1) is 18.8 Å². The molecule has 1 aliphatic carbocycles. The Morgan fingerprint density at radius 2 is 1.30 bits per heavy atom. The number of hydrogen-bond donors (Lipinski definition) is 0. The van der Waals surface area contributed by atoms with Crippen molar-refractivity contribution >= 4 is 5.97 Å². The van der Waals surface area contributed by atoms with E-state index in [-0.39, 0.29) is 5.97 Å². The van der Waals surface area contributed by atoms with Crippen molar-refractivity contribution in [2.24, 2.45) is 11.8 Å². The van der Waals surface area contributed by atoms with Gasteiger partial charge in [-0.3, -0.25) is 0 Å². The minimum atomic E-state index is -0.227. The molecule has 2 rings (SSSR count). The molecule has 0 heterocycles. The molecule has 188 valence electrons. The zero-order valence-corrected chi connectivity index (χ0v) is 21.6. The molecule has 3 nitrogen and oxygen atoms in total. The Kier molecular flexibility index (Phi) is 15.0. The number of benzene rings is 1. The van der Waals surface area contributed by atoms with Crippen molar-refractivity contribution in [3.63, 3.8) is 0 Å². The molecular weight excluding hydrogens is 408 g/mol. The predicted molar refractivity (Wildman–Crippen MR) is 139 cm³/mol. The van der Waals surface area contributed by atoms with Gasteiger partial charge in [-0.1, -0.05) is 104 Å². The Hall–Kier alpha value is -1.51. The molecule has 33 heavy (non-hydrogen) atoms. The minimum absolute atomic E-state index is 0.227. The monoisotopic (exact) mass is 458 g/mol. The number of hydrogen-bond acceptors (Lipinski definition) is 3. The van der Waals surface area contributed by atoms with Gasteiger partial charge in [0.15, 0.2) is 0 Å². The third kappa shape index (κ3) is 12.0. The molecule has 2 atom stereocenters. The van der Waals surface area contributed by atoms with Crippen LogP contribution < -0.4 is 4.74 Å². The van der Waals surface area contributed by atoms with Crippen LogP contribution in [0.15, 0.2) is 24.3 Å². The quantitative estimate of drug-likeness (QED) is 0.162. The first-order valence-corrected chi connectivity index (χ1v) is 14.1. The van der Waals surface area contributed by atoms with Crippen LogP contribution in [-0.2, 0) is 4.74 Å². The smallest absolute Gasteiger partial charge is 0.338 e. The molecule has 1 aromatic rings. The Bertz CT molecular complexity index is 609. The van der Waals surface area contributed by atoms with E-state index < -0.39 is 0 Å². The minimum Gasteiger partial charge on any atom is -0.494 e. The fraction of sp³-hybridized carbons (Fsp3) is 0.767. The van der Waals surface area contributed by atoms with Crippen molar-refractivity contribution < 1.29 is 14.3 Å². The van der Waals surface area contributed by atoms with Crippen LogP contribution in [-0.4, -0.2) is 19.2 Å². The zero-order valence-electron chi connectivity index (χ0n) is 21.6. The highest BCUT2D eigenvalue weighted by Gasteiger charge is 2.24. The lowest BCUT2D eigenvalue weighted by atomic mass is 9.74. The second kappa shape index (κ2) is 17.9.